The summed E-state index contributed by atoms with van der Waals surface area (Å²) in [5, 5.41) is 7.27. The molecule has 5 heteroatoms. The van der Waals surface area contributed by atoms with E-state index in [2.05, 4.69) is 16.5 Å². The molecule has 0 saturated heterocycles. The molecule has 1 amide bonds. The van der Waals surface area contributed by atoms with Gasteiger partial charge in [-0.25, -0.2) is 0 Å². The smallest absolute Gasteiger partial charge is 0.265 e. The lowest BCUT2D eigenvalue weighted by molar-refractivity contribution is -0.120. The van der Waals surface area contributed by atoms with Gasteiger partial charge in [0.15, 0.2) is 6.61 Å². The summed E-state index contributed by atoms with van der Waals surface area (Å²) in [5.41, 5.74) is 4.37. The Kier molecular flexibility index (Phi) is 4.93. The molecule has 23 heavy (non-hydrogen) atoms. The highest BCUT2D eigenvalue weighted by Crippen LogP contribution is 2.24. The molecule has 0 atom stereocenters. The molecule has 118 valence electrons. The second-order valence-corrected chi connectivity index (χ2v) is 5.88. The lowest BCUT2D eigenvalue weighted by Gasteiger charge is -2.06. The number of halogens is 1. The lowest BCUT2D eigenvalue weighted by atomic mass is 10.1. The Balaban J connectivity index is 1.47. The van der Waals surface area contributed by atoms with Crippen LogP contribution in [0.3, 0.4) is 0 Å². The van der Waals surface area contributed by atoms with Crippen molar-refractivity contribution in [3.05, 3.63) is 64.2 Å². The molecule has 1 aliphatic carbocycles. The number of nitrogens with zero attached hydrogens (tertiary/aromatic N) is 1. The van der Waals surface area contributed by atoms with E-state index < -0.39 is 0 Å². The van der Waals surface area contributed by atoms with Gasteiger partial charge < -0.3 is 10.2 Å². The fraction of sp³-hybridized carbons (Fsp3) is 0.222. The molecule has 0 spiro atoms. The Morgan fingerprint density at radius 1 is 1.17 bits per heavy atom. The van der Waals surface area contributed by atoms with Gasteiger partial charge in [0.2, 0.25) is 0 Å². The van der Waals surface area contributed by atoms with Crippen molar-refractivity contribution in [3.63, 3.8) is 0 Å². The van der Waals surface area contributed by atoms with Gasteiger partial charge in [-0.05, 0) is 60.2 Å². The van der Waals surface area contributed by atoms with Gasteiger partial charge in [0, 0.05) is 10.7 Å². The monoisotopic (exact) mass is 328 g/mol. The SMILES string of the molecule is O=C(CO/N=C\c1ccc(Cl)cc1)Nc1ccc2c(c1)CCC2. The number of hydrogen-bond donors (Lipinski definition) is 1. The normalized spacial score (nSPS) is 13.1. The van der Waals surface area contributed by atoms with E-state index in [1.54, 1.807) is 18.3 Å². The Hall–Kier alpha value is -2.33. The van der Waals surface area contributed by atoms with Gasteiger partial charge in [0.05, 0.1) is 6.21 Å². The van der Waals surface area contributed by atoms with Crippen molar-refractivity contribution < 1.29 is 9.63 Å². The van der Waals surface area contributed by atoms with Gasteiger partial charge in [-0.2, -0.15) is 0 Å². The number of oxime groups is 1. The van der Waals surface area contributed by atoms with Crippen molar-refractivity contribution >= 4 is 29.4 Å². The van der Waals surface area contributed by atoms with Crippen LogP contribution in [0, 0.1) is 0 Å². The maximum atomic E-state index is 11.8. The molecular weight excluding hydrogens is 312 g/mol. The van der Waals surface area contributed by atoms with Crippen LogP contribution in [0.25, 0.3) is 0 Å². The summed E-state index contributed by atoms with van der Waals surface area (Å²) in [6.07, 6.45) is 4.95. The summed E-state index contributed by atoms with van der Waals surface area (Å²) in [7, 11) is 0. The van der Waals surface area contributed by atoms with Gasteiger partial charge >= 0.3 is 0 Å². The molecule has 1 aliphatic rings. The van der Waals surface area contributed by atoms with Crippen molar-refractivity contribution in [2.45, 2.75) is 19.3 Å². The Labute approximate surface area is 140 Å². The summed E-state index contributed by atoms with van der Waals surface area (Å²) >= 11 is 5.80. The van der Waals surface area contributed by atoms with Gasteiger partial charge in [-0.15, -0.1) is 0 Å². The number of carbonyl (C=O) groups excluding carboxylic acids is 1. The number of amides is 1. The van der Waals surface area contributed by atoms with E-state index in [-0.39, 0.29) is 12.5 Å². The average Bonchev–Trinajstić information content (AvgIpc) is 3.01. The number of aryl methyl sites for hydroxylation is 2. The topological polar surface area (TPSA) is 50.7 Å². The Morgan fingerprint density at radius 2 is 1.96 bits per heavy atom. The van der Waals surface area contributed by atoms with Crippen molar-refractivity contribution in [1.29, 1.82) is 0 Å². The van der Waals surface area contributed by atoms with Crippen LogP contribution in [0.15, 0.2) is 47.6 Å². The van der Waals surface area contributed by atoms with Crippen LogP contribution in [0.2, 0.25) is 5.02 Å². The standard InChI is InChI=1S/C18H17ClN2O2/c19-16-7-4-13(5-8-16)11-20-23-12-18(22)21-17-9-6-14-2-1-3-15(14)10-17/h4-11H,1-3,12H2,(H,21,22)/b20-11-. The van der Waals surface area contributed by atoms with Gasteiger partial charge in [0.25, 0.3) is 5.91 Å². The van der Waals surface area contributed by atoms with Crippen molar-refractivity contribution in [1.82, 2.24) is 0 Å². The van der Waals surface area contributed by atoms with Gasteiger partial charge in [0.1, 0.15) is 0 Å². The highest BCUT2D eigenvalue weighted by atomic mass is 35.5. The molecule has 0 bridgehead atoms. The minimum atomic E-state index is -0.226. The minimum absolute atomic E-state index is 0.124. The first kappa shape index (κ1) is 15.6. The van der Waals surface area contributed by atoms with Crippen LogP contribution in [-0.2, 0) is 22.5 Å². The third-order valence-corrected chi connectivity index (χ3v) is 3.98. The molecule has 0 heterocycles. The summed E-state index contributed by atoms with van der Waals surface area (Å²) in [4.78, 5) is 16.9. The highest BCUT2D eigenvalue weighted by molar-refractivity contribution is 6.30. The first-order chi connectivity index (χ1) is 11.2. The quantitative estimate of drug-likeness (QED) is 0.670. The lowest BCUT2D eigenvalue weighted by Crippen LogP contribution is -2.17. The zero-order valence-corrected chi connectivity index (χ0v) is 13.3. The summed E-state index contributed by atoms with van der Waals surface area (Å²) in [5.74, 6) is -0.226. The number of nitrogens with one attached hydrogen (secondary N) is 1. The average molecular weight is 329 g/mol. The molecule has 1 N–H and O–H groups in total. The second-order valence-electron chi connectivity index (χ2n) is 5.44. The fourth-order valence-electron chi connectivity index (χ4n) is 2.59. The third kappa shape index (κ3) is 4.33. The van der Waals surface area contributed by atoms with Gasteiger partial charge in [-0.1, -0.05) is 35.0 Å². The van der Waals surface area contributed by atoms with E-state index in [9.17, 15) is 4.79 Å². The van der Waals surface area contributed by atoms with Crippen LogP contribution in [-0.4, -0.2) is 18.7 Å². The summed E-state index contributed by atoms with van der Waals surface area (Å²) < 4.78 is 0. The predicted molar refractivity (Wildman–Crippen MR) is 92.1 cm³/mol. The molecule has 2 aromatic rings. The van der Waals surface area contributed by atoms with E-state index in [4.69, 9.17) is 16.4 Å². The maximum Gasteiger partial charge on any atom is 0.265 e. The summed E-state index contributed by atoms with van der Waals surface area (Å²) in [6.45, 7) is -0.124. The first-order valence-corrected chi connectivity index (χ1v) is 7.91. The molecular formula is C18H17ClN2O2. The second kappa shape index (κ2) is 7.29. The molecule has 2 aromatic carbocycles. The number of hydrogen-bond acceptors (Lipinski definition) is 3. The Bertz CT molecular complexity index is 726. The number of rotatable bonds is 5. The van der Waals surface area contributed by atoms with Crippen LogP contribution < -0.4 is 5.32 Å². The van der Waals surface area contributed by atoms with E-state index in [0.29, 0.717) is 5.02 Å². The van der Waals surface area contributed by atoms with E-state index in [1.165, 1.54) is 17.5 Å². The molecule has 4 nitrogen and oxygen atoms in total. The highest BCUT2D eigenvalue weighted by Gasteiger charge is 2.11. The zero-order valence-electron chi connectivity index (χ0n) is 12.6. The van der Waals surface area contributed by atoms with Crippen molar-refractivity contribution in [2.75, 3.05) is 11.9 Å². The molecule has 0 saturated carbocycles. The van der Waals surface area contributed by atoms with Crippen LogP contribution in [0.1, 0.15) is 23.1 Å². The van der Waals surface area contributed by atoms with E-state index >= 15 is 0 Å². The Morgan fingerprint density at radius 3 is 2.78 bits per heavy atom. The molecule has 0 unspecified atom stereocenters. The summed E-state index contributed by atoms with van der Waals surface area (Å²) in [6, 6.07) is 13.2. The van der Waals surface area contributed by atoms with Gasteiger partial charge in [-0.3, -0.25) is 4.79 Å². The number of fused-ring (bicyclic) bond motifs is 1. The van der Waals surface area contributed by atoms with E-state index in [0.717, 1.165) is 24.1 Å². The minimum Gasteiger partial charge on any atom is -0.386 e. The van der Waals surface area contributed by atoms with Crippen molar-refractivity contribution in [3.8, 4) is 0 Å². The number of carbonyl (C=O) groups is 1. The third-order valence-electron chi connectivity index (χ3n) is 3.72. The van der Waals surface area contributed by atoms with Crippen LogP contribution in [0.4, 0.5) is 5.69 Å². The largest absolute Gasteiger partial charge is 0.386 e. The zero-order chi connectivity index (χ0) is 16.1. The molecule has 3 rings (SSSR count). The molecule has 0 fully saturated rings. The molecule has 0 radical (unpaired) electrons. The van der Waals surface area contributed by atoms with Crippen LogP contribution >= 0.6 is 11.6 Å². The number of anilines is 1. The molecule has 0 aliphatic heterocycles. The number of benzene rings is 2. The maximum absolute atomic E-state index is 11.8. The first-order valence-electron chi connectivity index (χ1n) is 7.53. The van der Waals surface area contributed by atoms with Crippen molar-refractivity contribution in [2.24, 2.45) is 5.16 Å². The predicted octanol–water partition coefficient (Wildman–Crippen LogP) is 3.82. The van der Waals surface area contributed by atoms with Crippen LogP contribution in [0.5, 0.6) is 0 Å². The van der Waals surface area contributed by atoms with E-state index in [1.807, 2.05) is 24.3 Å². The fourth-order valence-corrected chi connectivity index (χ4v) is 2.72. The molecule has 0 aromatic heterocycles.